The Balaban J connectivity index is 2.18. The van der Waals surface area contributed by atoms with Crippen LogP contribution in [-0.4, -0.2) is 20.7 Å². The Morgan fingerprint density at radius 3 is 2.44 bits per heavy atom. The largest absolute Gasteiger partial charge is 0.293 e. The fraction of sp³-hybridized carbons (Fsp3) is 0.308. The molecule has 0 N–H and O–H groups in total. The van der Waals surface area contributed by atoms with Gasteiger partial charge in [0.1, 0.15) is 5.01 Å². The minimum atomic E-state index is -0.534. The van der Waals surface area contributed by atoms with Crippen LogP contribution in [0, 0.1) is 6.92 Å². The molecule has 0 saturated carbocycles. The number of aromatic nitrogens is 2. The zero-order valence-electron chi connectivity index (χ0n) is 10.5. The van der Waals surface area contributed by atoms with Crippen molar-refractivity contribution in [3.05, 3.63) is 40.9 Å². The van der Waals surface area contributed by atoms with E-state index in [0.29, 0.717) is 0 Å². The van der Waals surface area contributed by atoms with Crippen LogP contribution in [0.3, 0.4) is 0 Å². The molecule has 94 valence electrons. The van der Waals surface area contributed by atoms with Crippen LogP contribution in [0.1, 0.15) is 29.2 Å². The lowest BCUT2D eigenvalue weighted by Crippen LogP contribution is -2.27. The van der Waals surface area contributed by atoms with Crippen LogP contribution in [0.2, 0.25) is 0 Å². The van der Waals surface area contributed by atoms with Crippen molar-refractivity contribution in [3.8, 4) is 0 Å². The molecule has 5 heteroatoms. The normalized spacial score (nSPS) is 11.5. The molecule has 2 rings (SSSR count). The summed E-state index contributed by atoms with van der Waals surface area (Å²) in [5.41, 5.74) is 0.733. The number of carbonyl (C=O) groups is 1. The van der Waals surface area contributed by atoms with Crippen LogP contribution < -0.4 is 0 Å². The molecule has 0 aliphatic rings. The minimum Gasteiger partial charge on any atom is -0.293 e. The summed E-state index contributed by atoms with van der Waals surface area (Å²) in [6.45, 7) is 5.75. The maximum Gasteiger partial charge on any atom is 0.178 e. The zero-order chi connectivity index (χ0) is 13.2. The van der Waals surface area contributed by atoms with E-state index in [1.807, 2.05) is 51.1 Å². The van der Waals surface area contributed by atoms with Crippen LogP contribution in [0.15, 0.2) is 34.7 Å². The Morgan fingerprint density at radius 1 is 1.22 bits per heavy atom. The first-order chi connectivity index (χ1) is 8.49. The molecule has 1 aromatic heterocycles. The summed E-state index contributed by atoms with van der Waals surface area (Å²) in [6.07, 6.45) is 0. The third kappa shape index (κ3) is 2.97. The van der Waals surface area contributed by atoms with Gasteiger partial charge in [0.05, 0.1) is 4.75 Å². The number of carbonyl (C=O) groups excluding carboxylic acids is 1. The van der Waals surface area contributed by atoms with E-state index in [0.717, 1.165) is 14.9 Å². The number of Topliss-reactive ketones (excluding diaryl/α,β-unsaturated/α-hetero) is 1. The SMILES string of the molecule is Cc1nnc(SC(C)(C)C(=O)c2ccccc2)s1. The van der Waals surface area contributed by atoms with E-state index in [9.17, 15) is 4.79 Å². The van der Waals surface area contributed by atoms with Crippen molar-refractivity contribution in [2.45, 2.75) is 29.9 Å². The second kappa shape index (κ2) is 5.20. The summed E-state index contributed by atoms with van der Waals surface area (Å²) in [5, 5.41) is 8.94. The highest BCUT2D eigenvalue weighted by molar-refractivity contribution is 8.03. The van der Waals surface area contributed by atoms with Gasteiger partial charge in [-0.15, -0.1) is 10.2 Å². The summed E-state index contributed by atoms with van der Waals surface area (Å²) in [5.74, 6) is 0.112. The fourth-order valence-corrected chi connectivity index (χ4v) is 3.82. The molecule has 3 nitrogen and oxygen atoms in total. The summed E-state index contributed by atoms with van der Waals surface area (Å²) < 4.78 is 0.301. The highest BCUT2D eigenvalue weighted by atomic mass is 32.2. The van der Waals surface area contributed by atoms with Gasteiger partial charge in [-0.2, -0.15) is 0 Å². The van der Waals surface area contributed by atoms with E-state index in [4.69, 9.17) is 0 Å². The first-order valence-corrected chi connectivity index (χ1v) is 7.21. The van der Waals surface area contributed by atoms with Crippen LogP contribution in [-0.2, 0) is 0 Å². The molecule has 0 fully saturated rings. The van der Waals surface area contributed by atoms with Gasteiger partial charge in [-0.3, -0.25) is 4.79 Å². The lowest BCUT2D eigenvalue weighted by Gasteiger charge is -2.20. The fourth-order valence-electron chi connectivity index (χ4n) is 1.52. The average Bonchev–Trinajstić information content (AvgIpc) is 2.74. The molecular formula is C13H14N2OS2. The number of hydrogen-bond acceptors (Lipinski definition) is 5. The lowest BCUT2D eigenvalue weighted by molar-refractivity contribution is 0.0958. The van der Waals surface area contributed by atoms with Gasteiger partial charge in [0.15, 0.2) is 10.1 Å². The number of rotatable bonds is 4. The van der Waals surface area contributed by atoms with Gasteiger partial charge in [0.25, 0.3) is 0 Å². The highest BCUT2D eigenvalue weighted by Gasteiger charge is 2.31. The van der Waals surface area contributed by atoms with Gasteiger partial charge in [0.2, 0.25) is 0 Å². The van der Waals surface area contributed by atoms with Crippen molar-refractivity contribution in [2.24, 2.45) is 0 Å². The predicted octanol–water partition coefficient (Wildman–Crippen LogP) is 3.60. The molecule has 1 heterocycles. The Hall–Kier alpha value is -1.20. The molecule has 0 unspecified atom stereocenters. The Labute approximate surface area is 115 Å². The van der Waals surface area contributed by atoms with Gasteiger partial charge in [-0.25, -0.2) is 0 Å². The van der Waals surface area contributed by atoms with E-state index < -0.39 is 4.75 Å². The van der Waals surface area contributed by atoms with Crippen LogP contribution in [0.4, 0.5) is 0 Å². The van der Waals surface area contributed by atoms with Gasteiger partial charge < -0.3 is 0 Å². The number of aryl methyl sites for hydroxylation is 1. The van der Waals surface area contributed by atoms with Crippen molar-refractivity contribution >= 4 is 28.9 Å². The number of benzene rings is 1. The third-order valence-electron chi connectivity index (χ3n) is 2.43. The van der Waals surface area contributed by atoms with Crippen molar-refractivity contribution in [2.75, 3.05) is 0 Å². The number of nitrogens with zero attached hydrogens (tertiary/aromatic N) is 2. The summed E-state index contributed by atoms with van der Waals surface area (Å²) in [4.78, 5) is 12.4. The zero-order valence-corrected chi connectivity index (χ0v) is 12.1. The van der Waals surface area contributed by atoms with E-state index in [1.165, 1.54) is 23.1 Å². The third-order valence-corrected chi connectivity index (χ3v) is 4.52. The average molecular weight is 278 g/mol. The smallest absolute Gasteiger partial charge is 0.178 e. The standard InChI is InChI=1S/C13H14N2OS2/c1-9-14-15-12(17-9)18-13(2,3)11(16)10-7-5-4-6-8-10/h4-8H,1-3H3. The minimum absolute atomic E-state index is 0.112. The molecule has 2 aromatic rings. The number of hydrogen-bond donors (Lipinski definition) is 0. The molecule has 0 amide bonds. The quantitative estimate of drug-likeness (QED) is 0.633. The van der Waals surface area contributed by atoms with E-state index in [-0.39, 0.29) is 5.78 Å². The molecular weight excluding hydrogens is 264 g/mol. The van der Waals surface area contributed by atoms with E-state index >= 15 is 0 Å². The van der Waals surface area contributed by atoms with Gasteiger partial charge in [-0.05, 0) is 20.8 Å². The maximum absolute atomic E-state index is 12.4. The molecule has 0 radical (unpaired) electrons. The second-order valence-corrected chi connectivity index (χ2v) is 7.45. The molecule has 18 heavy (non-hydrogen) atoms. The van der Waals surface area contributed by atoms with Gasteiger partial charge >= 0.3 is 0 Å². The summed E-state index contributed by atoms with van der Waals surface area (Å²) >= 11 is 2.98. The monoisotopic (exact) mass is 278 g/mol. The molecule has 0 bridgehead atoms. The molecule has 0 atom stereocenters. The Bertz CT molecular complexity index is 549. The molecule has 0 aliphatic heterocycles. The van der Waals surface area contributed by atoms with Gasteiger partial charge in [0, 0.05) is 5.56 Å². The molecule has 0 spiro atoms. The maximum atomic E-state index is 12.4. The Morgan fingerprint density at radius 2 is 1.89 bits per heavy atom. The van der Waals surface area contributed by atoms with Gasteiger partial charge in [-0.1, -0.05) is 53.4 Å². The van der Waals surface area contributed by atoms with Crippen molar-refractivity contribution < 1.29 is 4.79 Å². The molecule has 0 aliphatic carbocycles. The summed E-state index contributed by atoms with van der Waals surface area (Å²) in [6, 6.07) is 9.35. The van der Waals surface area contributed by atoms with Crippen molar-refractivity contribution in [1.29, 1.82) is 0 Å². The lowest BCUT2D eigenvalue weighted by atomic mass is 10.0. The first kappa shape index (κ1) is 13.2. The van der Waals surface area contributed by atoms with E-state index in [2.05, 4.69) is 10.2 Å². The highest BCUT2D eigenvalue weighted by Crippen LogP contribution is 2.36. The Kier molecular flexibility index (Phi) is 3.82. The van der Waals surface area contributed by atoms with Crippen molar-refractivity contribution in [1.82, 2.24) is 10.2 Å². The predicted molar refractivity (Wildman–Crippen MR) is 75.4 cm³/mol. The number of ketones is 1. The van der Waals surface area contributed by atoms with E-state index in [1.54, 1.807) is 0 Å². The molecule has 1 aromatic carbocycles. The number of thioether (sulfide) groups is 1. The molecule has 0 saturated heterocycles. The first-order valence-electron chi connectivity index (χ1n) is 5.58. The van der Waals surface area contributed by atoms with Crippen molar-refractivity contribution in [3.63, 3.8) is 0 Å². The second-order valence-electron chi connectivity index (χ2n) is 4.39. The summed E-state index contributed by atoms with van der Waals surface area (Å²) in [7, 11) is 0. The van der Waals surface area contributed by atoms with Crippen LogP contribution in [0.5, 0.6) is 0 Å². The topological polar surface area (TPSA) is 42.9 Å². The van der Waals surface area contributed by atoms with Crippen LogP contribution in [0.25, 0.3) is 0 Å². The van der Waals surface area contributed by atoms with Crippen LogP contribution >= 0.6 is 23.1 Å².